The van der Waals surface area contributed by atoms with Crippen molar-refractivity contribution in [2.45, 2.75) is 26.8 Å². The Balaban J connectivity index is 3.69. The summed E-state index contributed by atoms with van der Waals surface area (Å²) in [4.78, 5) is 21.7. The summed E-state index contributed by atoms with van der Waals surface area (Å²) in [6.07, 6.45) is 0. The predicted molar refractivity (Wildman–Crippen MR) is 44.8 cm³/mol. The molecule has 5 nitrogen and oxygen atoms in total. The Bertz CT molecular complexity index is 157. The van der Waals surface area contributed by atoms with Crippen LogP contribution < -0.4 is 16.6 Å². The van der Waals surface area contributed by atoms with Gasteiger partial charge in [-0.1, -0.05) is 13.8 Å². The number of rotatable bonds is 2. The molecule has 1 atom stereocenters. The van der Waals surface area contributed by atoms with Gasteiger partial charge in [-0.05, 0) is 6.92 Å². The molecule has 0 saturated heterocycles. The van der Waals surface area contributed by atoms with Crippen molar-refractivity contribution in [3.63, 3.8) is 0 Å². The van der Waals surface area contributed by atoms with E-state index in [4.69, 9.17) is 5.73 Å². The van der Waals surface area contributed by atoms with E-state index in [1.807, 2.05) is 0 Å². The van der Waals surface area contributed by atoms with Crippen molar-refractivity contribution in [1.29, 1.82) is 0 Å². The highest BCUT2D eigenvalue weighted by molar-refractivity contribution is 5.85. The molecule has 0 saturated carbocycles. The second kappa shape index (κ2) is 4.71. The normalized spacial score (nSPS) is 12.4. The molecule has 12 heavy (non-hydrogen) atoms. The first-order chi connectivity index (χ1) is 5.45. The van der Waals surface area contributed by atoms with Crippen LogP contribution >= 0.6 is 0 Å². The molecule has 0 bridgehead atoms. The molecule has 4 N–H and O–H groups in total. The first-order valence-corrected chi connectivity index (χ1v) is 3.80. The van der Waals surface area contributed by atoms with Gasteiger partial charge < -0.3 is 5.73 Å². The van der Waals surface area contributed by atoms with Crippen molar-refractivity contribution in [3.05, 3.63) is 0 Å². The molecule has 70 valence electrons. The number of nitrogens with one attached hydrogen (secondary N) is 2. The Labute approximate surface area is 71.7 Å². The van der Waals surface area contributed by atoms with Crippen molar-refractivity contribution >= 4 is 11.8 Å². The molecule has 1 unspecified atom stereocenters. The van der Waals surface area contributed by atoms with Crippen LogP contribution in [0.2, 0.25) is 0 Å². The lowest BCUT2D eigenvalue weighted by Gasteiger charge is -2.10. The van der Waals surface area contributed by atoms with Gasteiger partial charge in [-0.25, -0.2) is 0 Å². The van der Waals surface area contributed by atoms with E-state index in [-0.39, 0.29) is 11.8 Å². The number of hydrazine groups is 1. The summed E-state index contributed by atoms with van der Waals surface area (Å²) < 4.78 is 0. The standard InChI is InChI=1S/C7H15N3O2/c1-4(2)6(11)9-10-7(12)5(3)8/h4-5H,8H2,1-3H3,(H,9,11)(H,10,12). The third-order valence-corrected chi connectivity index (χ3v) is 1.25. The van der Waals surface area contributed by atoms with E-state index < -0.39 is 11.9 Å². The summed E-state index contributed by atoms with van der Waals surface area (Å²) in [5, 5.41) is 0. The van der Waals surface area contributed by atoms with Crippen molar-refractivity contribution in [2.75, 3.05) is 0 Å². The first-order valence-electron chi connectivity index (χ1n) is 3.80. The van der Waals surface area contributed by atoms with Crippen LogP contribution in [0.15, 0.2) is 0 Å². The van der Waals surface area contributed by atoms with Gasteiger partial charge in [0.15, 0.2) is 0 Å². The third-order valence-electron chi connectivity index (χ3n) is 1.25. The molecule has 0 heterocycles. The number of hydrogen-bond acceptors (Lipinski definition) is 3. The van der Waals surface area contributed by atoms with E-state index in [9.17, 15) is 9.59 Å². The molecular formula is C7H15N3O2. The zero-order chi connectivity index (χ0) is 9.72. The van der Waals surface area contributed by atoms with Crippen LogP contribution in [-0.2, 0) is 9.59 Å². The van der Waals surface area contributed by atoms with Crippen LogP contribution in [0.1, 0.15) is 20.8 Å². The zero-order valence-electron chi connectivity index (χ0n) is 7.55. The molecular weight excluding hydrogens is 158 g/mol. The lowest BCUT2D eigenvalue weighted by molar-refractivity contribution is -0.130. The van der Waals surface area contributed by atoms with Gasteiger partial charge in [0.25, 0.3) is 5.91 Å². The van der Waals surface area contributed by atoms with Crippen molar-refractivity contribution in [1.82, 2.24) is 10.9 Å². The van der Waals surface area contributed by atoms with Crippen LogP contribution in [0.3, 0.4) is 0 Å². The Morgan fingerprint density at radius 3 is 1.83 bits per heavy atom. The second-order valence-electron chi connectivity index (χ2n) is 2.92. The minimum Gasteiger partial charge on any atom is -0.320 e. The number of carbonyl (C=O) groups excluding carboxylic acids is 2. The maximum absolute atomic E-state index is 10.9. The maximum Gasteiger partial charge on any atom is 0.254 e. The van der Waals surface area contributed by atoms with E-state index in [1.165, 1.54) is 6.92 Å². The third kappa shape index (κ3) is 3.92. The van der Waals surface area contributed by atoms with Gasteiger partial charge >= 0.3 is 0 Å². The topological polar surface area (TPSA) is 84.2 Å². The average molecular weight is 173 g/mol. The van der Waals surface area contributed by atoms with Gasteiger partial charge in [-0.3, -0.25) is 20.4 Å². The highest BCUT2D eigenvalue weighted by atomic mass is 16.2. The SMILES string of the molecule is CC(C)C(=O)NNC(=O)C(C)N. The van der Waals surface area contributed by atoms with Gasteiger partial charge in [0.1, 0.15) is 0 Å². The highest BCUT2D eigenvalue weighted by Crippen LogP contribution is 1.88. The lowest BCUT2D eigenvalue weighted by Crippen LogP contribution is -2.49. The Morgan fingerprint density at radius 2 is 1.50 bits per heavy atom. The lowest BCUT2D eigenvalue weighted by atomic mass is 10.2. The molecule has 0 aromatic rings. The number of hydrogen-bond donors (Lipinski definition) is 3. The molecule has 0 fully saturated rings. The zero-order valence-corrected chi connectivity index (χ0v) is 7.55. The minimum absolute atomic E-state index is 0.154. The quantitative estimate of drug-likeness (QED) is 0.475. The summed E-state index contributed by atoms with van der Waals surface area (Å²) in [5.74, 6) is -0.786. The molecule has 0 aliphatic carbocycles. The molecule has 2 amide bonds. The predicted octanol–water partition coefficient (Wildman–Crippen LogP) is -0.863. The monoisotopic (exact) mass is 173 g/mol. The van der Waals surface area contributed by atoms with Gasteiger partial charge in [-0.15, -0.1) is 0 Å². The van der Waals surface area contributed by atoms with Crippen LogP contribution in [0.25, 0.3) is 0 Å². The number of nitrogens with two attached hydrogens (primary N) is 1. The van der Waals surface area contributed by atoms with E-state index in [0.29, 0.717) is 0 Å². The molecule has 0 aliphatic heterocycles. The summed E-state index contributed by atoms with van der Waals surface area (Å²) in [6, 6.07) is -0.613. The highest BCUT2D eigenvalue weighted by Gasteiger charge is 2.10. The summed E-state index contributed by atoms with van der Waals surface area (Å²) in [7, 11) is 0. The van der Waals surface area contributed by atoms with Gasteiger partial charge in [0.2, 0.25) is 5.91 Å². The fourth-order valence-corrected chi connectivity index (χ4v) is 0.381. The van der Waals surface area contributed by atoms with Gasteiger partial charge in [0, 0.05) is 5.92 Å². The maximum atomic E-state index is 10.9. The van der Waals surface area contributed by atoms with Crippen LogP contribution in [0, 0.1) is 5.92 Å². The van der Waals surface area contributed by atoms with E-state index in [0.717, 1.165) is 0 Å². The van der Waals surface area contributed by atoms with E-state index in [1.54, 1.807) is 13.8 Å². The Kier molecular flexibility index (Phi) is 4.28. The van der Waals surface area contributed by atoms with Crippen molar-refractivity contribution in [3.8, 4) is 0 Å². The minimum atomic E-state index is -0.613. The van der Waals surface area contributed by atoms with Crippen molar-refractivity contribution in [2.24, 2.45) is 11.7 Å². The average Bonchev–Trinajstić information content (AvgIpc) is 1.98. The molecule has 0 aromatic carbocycles. The molecule has 0 radical (unpaired) electrons. The Hall–Kier alpha value is -1.10. The fraction of sp³-hybridized carbons (Fsp3) is 0.714. The molecule has 0 spiro atoms. The summed E-state index contributed by atoms with van der Waals surface area (Å²) in [5.41, 5.74) is 9.68. The summed E-state index contributed by atoms with van der Waals surface area (Å²) >= 11 is 0. The van der Waals surface area contributed by atoms with Crippen LogP contribution in [0.5, 0.6) is 0 Å². The Morgan fingerprint density at radius 1 is 1.08 bits per heavy atom. The summed E-state index contributed by atoms with van der Waals surface area (Å²) in [6.45, 7) is 5.00. The molecule has 0 aromatic heterocycles. The molecule has 5 heteroatoms. The first kappa shape index (κ1) is 10.9. The van der Waals surface area contributed by atoms with E-state index in [2.05, 4.69) is 10.9 Å². The fourth-order valence-electron chi connectivity index (χ4n) is 0.381. The van der Waals surface area contributed by atoms with Crippen LogP contribution in [0.4, 0.5) is 0 Å². The van der Waals surface area contributed by atoms with E-state index >= 15 is 0 Å². The molecule has 0 rings (SSSR count). The van der Waals surface area contributed by atoms with Gasteiger partial charge in [0.05, 0.1) is 6.04 Å². The molecule has 0 aliphatic rings. The number of amides is 2. The van der Waals surface area contributed by atoms with Crippen molar-refractivity contribution < 1.29 is 9.59 Å². The van der Waals surface area contributed by atoms with Crippen LogP contribution in [-0.4, -0.2) is 17.9 Å². The van der Waals surface area contributed by atoms with Gasteiger partial charge in [-0.2, -0.15) is 0 Å². The smallest absolute Gasteiger partial charge is 0.254 e. The second-order valence-corrected chi connectivity index (χ2v) is 2.92. The largest absolute Gasteiger partial charge is 0.320 e. The number of carbonyl (C=O) groups is 2.